The van der Waals surface area contributed by atoms with Gasteiger partial charge in [-0.05, 0) is 53.8 Å². The van der Waals surface area contributed by atoms with Crippen molar-refractivity contribution in [3.8, 4) is 0 Å². The lowest BCUT2D eigenvalue weighted by molar-refractivity contribution is -0.119. The standard InChI is InChI=1S/C34H35N5O2/c1-34(2)18-28-32(30(40)19-34)33(22-13-15-25(16-14-22)38(3)4)39(29-12-8-7-11-27(29)37-28)21-31(41)36-24-17-23-9-5-6-10-26(23)35-20-24/h5-17,20,33,37H,18-19,21H2,1-4H3,(H,36,41). The van der Waals surface area contributed by atoms with Crippen LogP contribution in [0.25, 0.3) is 10.9 Å². The van der Waals surface area contributed by atoms with E-state index in [4.69, 9.17) is 0 Å². The molecule has 0 fully saturated rings. The fourth-order valence-electron chi connectivity index (χ4n) is 6.02. The topological polar surface area (TPSA) is 77.6 Å². The quantitative estimate of drug-likeness (QED) is 0.296. The highest BCUT2D eigenvalue weighted by atomic mass is 16.2. The van der Waals surface area contributed by atoms with E-state index in [1.54, 1.807) is 6.20 Å². The summed E-state index contributed by atoms with van der Waals surface area (Å²) in [5.74, 6) is -0.0678. The predicted octanol–water partition coefficient (Wildman–Crippen LogP) is 6.56. The lowest BCUT2D eigenvalue weighted by Gasteiger charge is -2.38. The van der Waals surface area contributed by atoms with Crippen molar-refractivity contribution in [1.29, 1.82) is 0 Å². The maximum Gasteiger partial charge on any atom is 0.243 e. The Hall–Kier alpha value is -4.65. The van der Waals surface area contributed by atoms with E-state index in [1.807, 2.05) is 68.7 Å². The number of nitrogens with zero attached hydrogens (tertiary/aromatic N) is 3. The van der Waals surface area contributed by atoms with Crippen molar-refractivity contribution in [3.05, 3.63) is 102 Å². The van der Waals surface area contributed by atoms with Crippen LogP contribution in [0.5, 0.6) is 0 Å². The number of hydrogen-bond acceptors (Lipinski definition) is 6. The average Bonchev–Trinajstić information content (AvgIpc) is 3.06. The second-order valence-electron chi connectivity index (χ2n) is 12.0. The first-order valence-corrected chi connectivity index (χ1v) is 14.0. The number of para-hydroxylation sites is 3. The third kappa shape index (κ3) is 5.27. The molecule has 2 heterocycles. The molecule has 1 amide bonds. The number of pyridine rings is 1. The highest BCUT2D eigenvalue weighted by molar-refractivity contribution is 6.03. The van der Waals surface area contributed by atoms with E-state index in [9.17, 15) is 9.59 Å². The van der Waals surface area contributed by atoms with Gasteiger partial charge in [-0.15, -0.1) is 0 Å². The Kier molecular flexibility index (Phi) is 6.73. The molecule has 3 aromatic carbocycles. The smallest absolute Gasteiger partial charge is 0.243 e. The van der Waals surface area contributed by atoms with Gasteiger partial charge in [-0.3, -0.25) is 14.6 Å². The lowest BCUT2D eigenvalue weighted by Crippen LogP contribution is -2.40. The van der Waals surface area contributed by atoms with E-state index >= 15 is 0 Å². The molecule has 2 aliphatic rings. The van der Waals surface area contributed by atoms with Gasteiger partial charge >= 0.3 is 0 Å². The number of anilines is 4. The third-order valence-corrected chi connectivity index (χ3v) is 7.92. The van der Waals surface area contributed by atoms with Gasteiger partial charge in [0.05, 0.1) is 41.4 Å². The van der Waals surface area contributed by atoms with Crippen LogP contribution in [0.1, 0.15) is 38.3 Å². The normalized spacial score (nSPS) is 17.8. The molecule has 7 heteroatoms. The molecule has 1 unspecified atom stereocenters. The summed E-state index contributed by atoms with van der Waals surface area (Å²) >= 11 is 0. The average molecular weight is 546 g/mol. The molecule has 4 aromatic rings. The summed E-state index contributed by atoms with van der Waals surface area (Å²) < 4.78 is 0. The number of carbonyl (C=O) groups is 2. The fourth-order valence-corrected chi connectivity index (χ4v) is 6.02. The zero-order chi connectivity index (χ0) is 28.7. The van der Waals surface area contributed by atoms with Crippen LogP contribution in [0.2, 0.25) is 0 Å². The van der Waals surface area contributed by atoms with Crippen molar-refractivity contribution >= 4 is 45.3 Å². The van der Waals surface area contributed by atoms with E-state index < -0.39 is 6.04 Å². The Morgan fingerprint density at radius 2 is 1.76 bits per heavy atom. The molecule has 1 aliphatic carbocycles. The second-order valence-corrected chi connectivity index (χ2v) is 12.0. The molecule has 1 atom stereocenters. The van der Waals surface area contributed by atoms with E-state index in [1.165, 1.54) is 0 Å². The molecule has 0 spiro atoms. The predicted molar refractivity (Wildman–Crippen MR) is 166 cm³/mol. The maximum absolute atomic E-state index is 13.9. The van der Waals surface area contributed by atoms with Crippen molar-refractivity contribution in [2.45, 2.75) is 32.7 Å². The number of aromatic nitrogens is 1. The Morgan fingerprint density at radius 1 is 1.02 bits per heavy atom. The number of amides is 1. The van der Waals surface area contributed by atoms with Crippen molar-refractivity contribution in [2.75, 3.05) is 41.1 Å². The minimum Gasteiger partial charge on any atom is -0.378 e. The summed E-state index contributed by atoms with van der Waals surface area (Å²) in [5, 5.41) is 7.63. The second kappa shape index (κ2) is 10.4. The third-order valence-electron chi connectivity index (χ3n) is 7.92. The molecule has 6 rings (SSSR count). The van der Waals surface area contributed by atoms with Gasteiger partial charge in [0, 0.05) is 42.9 Å². The van der Waals surface area contributed by atoms with E-state index in [0.717, 1.165) is 51.2 Å². The number of allylic oxidation sites excluding steroid dienone is 1. The molecule has 1 aromatic heterocycles. The Bertz CT molecular complexity index is 1670. The van der Waals surface area contributed by atoms with Crippen LogP contribution in [0.15, 0.2) is 96.3 Å². The number of hydrogen-bond donors (Lipinski definition) is 2. The molecule has 2 N–H and O–H groups in total. The molecule has 0 bridgehead atoms. The minimum atomic E-state index is -0.429. The minimum absolute atomic E-state index is 0.0546. The molecule has 41 heavy (non-hydrogen) atoms. The highest BCUT2D eigenvalue weighted by Crippen LogP contribution is 2.48. The van der Waals surface area contributed by atoms with Gasteiger partial charge in [-0.2, -0.15) is 0 Å². The van der Waals surface area contributed by atoms with Crippen molar-refractivity contribution in [2.24, 2.45) is 5.41 Å². The molecule has 0 saturated heterocycles. The van der Waals surface area contributed by atoms with Gasteiger partial charge in [0.2, 0.25) is 5.91 Å². The van der Waals surface area contributed by atoms with Crippen LogP contribution in [-0.4, -0.2) is 37.3 Å². The monoisotopic (exact) mass is 545 g/mol. The zero-order valence-electron chi connectivity index (χ0n) is 23.9. The van der Waals surface area contributed by atoms with Crippen molar-refractivity contribution < 1.29 is 9.59 Å². The fraction of sp³-hybridized carbons (Fsp3) is 0.265. The van der Waals surface area contributed by atoms with Gasteiger partial charge in [0.1, 0.15) is 0 Å². The summed E-state index contributed by atoms with van der Waals surface area (Å²) in [4.78, 5) is 36.2. The molecule has 1 aliphatic heterocycles. The SMILES string of the molecule is CN(C)c1ccc(C2C3=C(CC(C)(C)CC3=O)Nc3ccccc3N2CC(=O)Nc2cnc3ccccc3c2)cc1. The highest BCUT2D eigenvalue weighted by Gasteiger charge is 2.41. The Morgan fingerprint density at radius 3 is 2.54 bits per heavy atom. The Labute approximate surface area is 240 Å². The summed E-state index contributed by atoms with van der Waals surface area (Å²) in [6.07, 6.45) is 2.89. The lowest BCUT2D eigenvalue weighted by atomic mass is 9.73. The van der Waals surface area contributed by atoms with Crippen LogP contribution >= 0.6 is 0 Å². The van der Waals surface area contributed by atoms with Crippen LogP contribution < -0.4 is 20.4 Å². The van der Waals surface area contributed by atoms with Gasteiger partial charge < -0.3 is 20.4 Å². The van der Waals surface area contributed by atoms with E-state index in [2.05, 4.69) is 63.5 Å². The van der Waals surface area contributed by atoms with Gasteiger partial charge in [-0.1, -0.05) is 56.3 Å². The number of Topliss-reactive ketones (excluding diaryl/α,β-unsaturated/α-hetero) is 1. The van der Waals surface area contributed by atoms with Crippen LogP contribution in [0.4, 0.5) is 22.7 Å². The van der Waals surface area contributed by atoms with Gasteiger partial charge in [-0.25, -0.2) is 0 Å². The zero-order valence-corrected chi connectivity index (χ0v) is 23.9. The number of ketones is 1. The summed E-state index contributed by atoms with van der Waals surface area (Å²) in [6, 6.07) is 25.6. The van der Waals surface area contributed by atoms with Crippen molar-refractivity contribution in [3.63, 3.8) is 0 Å². The van der Waals surface area contributed by atoms with Gasteiger partial charge in [0.25, 0.3) is 0 Å². The first kappa shape index (κ1) is 26.6. The number of benzene rings is 3. The molecular formula is C34H35N5O2. The molecular weight excluding hydrogens is 510 g/mol. The number of fused-ring (bicyclic) bond motifs is 2. The number of carbonyl (C=O) groups excluding carboxylic acids is 2. The van der Waals surface area contributed by atoms with Gasteiger partial charge in [0.15, 0.2) is 5.78 Å². The molecule has 0 radical (unpaired) electrons. The molecule has 0 saturated carbocycles. The summed E-state index contributed by atoms with van der Waals surface area (Å²) in [7, 11) is 4.01. The van der Waals surface area contributed by atoms with Crippen LogP contribution in [0.3, 0.4) is 0 Å². The molecule has 7 nitrogen and oxygen atoms in total. The first-order valence-electron chi connectivity index (χ1n) is 14.0. The summed E-state index contributed by atoms with van der Waals surface area (Å²) in [5.41, 5.74) is 6.82. The largest absolute Gasteiger partial charge is 0.378 e. The van der Waals surface area contributed by atoms with E-state index in [0.29, 0.717) is 12.1 Å². The molecule has 208 valence electrons. The summed E-state index contributed by atoms with van der Waals surface area (Å²) in [6.45, 7) is 4.33. The Balaban J connectivity index is 1.44. The first-order chi connectivity index (χ1) is 19.7. The van der Waals surface area contributed by atoms with Crippen LogP contribution in [-0.2, 0) is 9.59 Å². The van der Waals surface area contributed by atoms with Crippen molar-refractivity contribution in [1.82, 2.24) is 4.98 Å². The maximum atomic E-state index is 13.9. The van der Waals surface area contributed by atoms with Crippen LogP contribution in [0, 0.1) is 5.41 Å². The number of rotatable bonds is 5. The number of nitrogens with one attached hydrogen (secondary N) is 2. The van der Waals surface area contributed by atoms with E-state index in [-0.39, 0.29) is 23.7 Å².